The largest absolute Gasteiger partial charge is 0.283 e. The standard InChI is InChI=1S/C15H15N3/c1-3-15-17-16-11(2)18(15)14-10-6-8-12-7-4-5-9-13(12)14/h4-10H,3H2,1-2H3. The zero-order chi connectivity index (χ0) is 12.5. The van der Waals surface area contributed by atoms with E-state index in [1.54, 1.807) is 0 Å². The first kappa shape index (κ1) is 11.0. The number of aromatic nitrogens is 3. The Bertz CT molecular complexity index is 693. The molecule has 0 saturated carbocycles. The third kappa shape index (κ3) is 1.59. The highest BCUT2D eigenvalue weighted by Gasteiger charge is 2.11. The van der Waals surface area contributed by atoms with E-state index in [1.807, 2.05) is 6.92 Å². The number of aryl methyl sites for hydroxylation is 2. The van der Waals surface area contributed by atoms with Crippen molar-refractivity contribution < 1.29 is 0 Å². The fraction of sp³-hybridized carbons (Fsp3) is 0.200. The highest BCUT2D eigenvalue weighted by atomic mass is 15.3. The Labute approximate surface area is 106 Å². The smallest absolute Gasteiger partial charge is 0.137 e. The Morgan fingerprint density at radius 3 is 2.61 bits per heavy atom. The molecule has 3 aromatic rings. The van der Waals surface area contributed by atoms with E-state index in [0.717, 1.165) is 23.8 Å². The summed E-state index contributed by atoms with van der Waals surface area (Å²) in [5.74, 6) is 1.94. The quantitative estimate of drug-likeness (QED) is 0.684. The fourth-order valence-electron chi connectivity index (χ4n) is 2.35. The predicted octanol–water partition coefficient (Wildman–Crippen LogP) is 3.29. The normalized spacial score (nSPS) is 11.0. The van der Waals surface area contributed by atoms with Crippen LogP contribution in [0.2, 0.25) is 0 Å². The molecular weight excluding hydrogens is 222 g/mol. The lowest BCUT2D eigenvalue weighted by atomic mass is 10.1. The van der Waals surface area contributed by atoms with Gasteiger partial charge in [-0.1, -0.05) is 43.3 Å². The van der Waals surface area contributed by atoms with Crippen molar-refractivity contribution in [2.45, 2.75) is 20.3 Å². The molecule has 0 N–H and O–H groups in total. The second-order valence-corrected chi connectivity index (χ2v) is 4.35. The van der Waals surface area contributed by atoms with Gasteiger partial charge in [0.05, 0.1) is 5.69 Å². The van der Waals surface area contributed by atoms with Crippen LogP contribution < -0.4 is 0 Å². The van der Waals surface area contributed by atoms with Crippen molar-refractivity contribution >= 4 is 10.8 Å². The van der Waals surface area contributed by atoms with Gasteiger partial charge in [0.15, 0.2) is 0 Å². The number of fused-ring (bicyclic) bond motifs is 1. The second kappa shape index (κ2) is 4.26. The Kier molecular flexibility index (Phi) is 2.59. The first-order chi connectivity index (χ1) is 8.81. The molecule has 2 aromatic carbocycles. The van der Waals surface area contributed by atoms with Crippen LogP contribution in [0.3, 0.4) is 0 Å². The Hall–Kier alpha value is -2.16. The molecule has 0 fully saturated rings. The van der Waals surface area contributed by atoms with Gasteiger partial charge in [-0.05, 0) is 18.4 Å². The first-order valence-electron chi connectivity index (χ1n) is 6.20. The Morgan fingerprint density at radius 2 is 1.78 bits per heavy atom. The maximum Gasteiger partial charge on any atom is 0.137 e. The Morgan fingerprint density at radius 1 is 1.00 bits per heavy atom. The topological polar surface area (TPSA) is 30.7 Å². The van der Waals surface area contributed by atoms with Crippen LogP contribution in [0, 0.1) is 6.92 Å². The predicted molar refractivity (Wildman–Crippen MR) is 73.0 cm³/mol. The van der Waals surface area contributed by atoms with Gasteiger partial charge < -0.3 is 0 Å². The summed E-state index contributed by atoms with van der Waals surface area (Å²) in [7, 11) is 0. The van der Waals surface area contributed by atoms with Crippen LogP contribution in [0.25, 0.3) is 16.5 Å². The van der Waals surface area contributed by atoms with E-state index in [-0.39, 0.29) is 0 Å². The van der Waals surface area contributed by atoms with Crippen LogP contribution in [0.4, 0.5) is 0 Å². The zero-order valence-electron chi connectivity index (χ0n) is 10.6. The second-order valence-electron chi connectivity index (χ2n) is 4.35. The van der Waals surface area contributed by atoms with E-state index in [1.165, 1.54) is 10.8 Å². The van der Waals surface area contributed by atoms with Gasteiger partial charge in [-0.15, -0.1) is 10.2 Å². The van der Waals surface area contributed by atoms with Gasteiger partial charge in [-0.25, -0.2) is 0 Å². The summed E-state index contributed by atoms with van der Waals surface area (Å²) in [5, 5.41) is 10.9. The zero-order valence-corrected chi connectivity index (χ0v) is 10.6. The maximum atomic E-state index is 4.23. The van der Waals surface area contributed by atoms with Crippen LogP contribution in [0.15, 0.2) is 42.5 Å². The SMILES string of the molecule is CCc1nnc(C)n1-c1cccc2ccccc12. The summed E-state index contributed by atoms with van der Waals surface area (Å²) in [6, 6.07) is 14.7. The van der Waals surface area contributed by atoms with Crippen molar-refractivity contribution in [2.75, 3.05) is 0 Å². The molecule has 0 bridgehead atoms. The monoisotopic (exact) mass is 237 g/mol. The fourth-order valence-corrected chi connectivity index (χ4v) is 2.35. The minimum Gasteiger partial charge on any atom is -0.283 e. The maximum absolute atomic E-state index is 4.23. The molecular formula is C15H15N3. The molecule has 3 nitrogen and oxygen atoms in total. The van der Waals surface area contributed by atoms with Crippen LogP contribution in [-0.4, -0.2) is 14.8 Å². The van der Waals surface area contributed by atoms with Crippen molar-refractivity contribution in [3.63, 3.8) is 0 Å². The molecule has 0 amide bonds. The number of rotatable bonds is 2. The summed E-state index contributed by atoms with van der Waals surface area (Å²) < 4.78 is 2.14. The van der Waals surface area contributed by atoms with Gasteiger partial charge in [-0.2, -0.15) is 0 Å². The number of hydrogen-bond donors (Lipinski definition) is 0. The van der Waals surface area contributed by atoms with Crippen molar-refractivity contribution in [2.24, 2.45) is 0 Å². The van der Waals surface area contributed by atoms with Gasteiger partial charge in [0, 0.05) is 11.8 Å². The molecule has 0 atom stereocenters. The highest BCUT2D eigenvalue weighted by molar-refractivity contribution is 5.90. The summed E-state index contributed by atoms with van der Waals surface area (Å²) in [6.07, 6.45) is 0.879. The lowest BCUT2D eigenvalue weighted by Gasteiger charge is -2.10. The summed E-state index contributed by atoms with van der Waals surface area (Å²) in [4.78, 5) is 0. The van der Waals surface area contributed by atoms with E-state index in [9.17, 15) is 0 Å². The van der Waals surface area contributed by atoms with Crippen LogP contribution in [0.1, 0.15) is 18.6 Å². The van der Waals surface area contributed by atoms with Crippen LogP contribution in [-0.2, 0) is 6.42 Å². The number of benzene rings is 2. The molecule has 3 heteroatoms. The van der Waals surface area contributed by atoms with Gasteiger partial charge in [0.25, 0.3) is 0 Å². The molecule has 1 aromatic heterocycles. The minimum absolute atomic E-state index is 0.879. The molecule has 0 radical (unpaired) electrons. The summed E-state index contributed by atoms with van der Waals surface area (Å²) in [5.41, 5.74) is 1.16. The van der Waals surface area contributed by atoms with Crippen molar-refractivity contribution in [1.29, 1.82) is 0 Å². The van der Waals surface area contributed by atoms with E-state index in [2.05, 4.69) is 64.2 Å². The van der Waals surface area contributed by atoms with Gasteiger partial charge >= 0.3 is 0 Å². The van der Waals surface area contributed by atoms with Crippen LogP contribution in [0.5, 0.6) is 0 Å². The summed E-state index contributed by atoms with van der Waals surface area (Å²) in [6.45, 7) is 4.10. The molecule has 90 valence electrons. The molecule has 1 heterocycles. The van der Waals surface area contributed by atoms with E-state index >= 15 is 0 Å². The van der Waals surface area contributed by atoms with Gasteiger partial charge in [0.2, 0.25) is 0 Å². The minimum atomic E-state index is 0.879. The summed E-state index contributed by atoms with van der Waals surface area (Å²) >= 11 is 0. The van der Waals surface area contributed by atoms with E-state index in [4.69, 9.17) is 0 Å². The third-order valence-corrected chi connectivity index (χ3v) is 3.22. The average Bonchev–Trinajstić information content (AvgIpc) is 2.79. The van der Waals surface area contributed by atoms with Crippen molar-refractivity contribution in [3.8, 4) is 5.69 Å². The Balaban J connectivity index is 2.35. The lowest BCUT2D eigenvalue weighted by molar-refractivity contribution is 0.876. The third-order valence-electron chi connectivity index (χ3n) is 3.22. The highest BCUT2D eigenvalue weighted by Crippen LogP contribution is 2.24. The lowest BCUT2D eigenvalue weighted by Crippen LogP contribution is -2.02. The molecule has 0 aliphatic heterocycles. The molecule has 0 aliphatic carbocycles. The average molecular weight is 237 g/mol. The molecule has 0 saturated heterocycles. The molecule has 0 aliphatic rings. The van der Waals surface area contributed by atoms with E-state index in [0.29, 0.717) is 0 Å². The van der Waals surface area contributed by atoms with Gasteiger partial charge in [-0.3, -0.25) is 4.57 Å². The molecule has 0 spiro atoms. The van der Waals surface area contributed by atoms with Crippen LogP contribution >= 0.6 is 0 Å². The number of hydrogen-bond acceptors (Lipinski definition) is 2. The molecule has 0 unspecified atom stereocenters. The van der Waals surface area contributed by atoms with Crippen molar-refractivity contribution in [3.05, 3.63) is 54.1 Å². The molecule has 3 rings (SSSR count). The van der Waals surface area contributed by atoms with Gasteiger partial charge in [0.1, 0.15) is 11.6 Å². The van der Waals surface area contributed by atoms with Crippen molar-refractivity contribution in [1.82, 2.24) is 14.8 Å². The van der Waals surface area contributed by atoms with E-state index < -0.39 is 0 Å². The first-order valence-corrected chi connectivity index (χ1v) is 6.20. The number of nitrogens with zero attached hydrogens (tertiary/aromatic N) is 3. The molecule has 18 heavy (non-hydrogen) atoms.